The molecule has 8 nitrogen and oxygen atoms in total. The number of aliphatic hydroxyl groups excluding tert-OH is 1. The molecule has 8 heteroatoms. The van der Waals surface area contributed by atoms with Crippen LogP contribution in [-0.4, -0.2) is 35.8 Å². The lowest BCUT2D eigenvalue weighted by Gasteiger charge is -2.20. The molecule has 0 saturated heterocycles. The molecule has 0 unspecified atom stereocenters. The first-order valence-corrected chi connectivity index (χ1v) is 7.42. The quantitative estimate of drug-likeness (QED) is 0.509. The number of allylic oxidation sites excluding steroid dienone is 1. The molecule has 0 fully saturated rings. The monoisotopic (exact) mass is 355 g/mol. The second-order valence-electron chi connectivity index (χ2n) is 5.44. The minimum absolute atomic E-state index is 0.00388. The van der Waals surface area contributed by atoms with E-state index in [0.717, 1.165) is 0 Å². The highest BCUT2D eigenvalue weighted by Gasteiger charge is 2.35. The summed E-state index contributed by atoms with van der Waals surface area (Å²) in [5, 5.41) is 21.4. The summed E-state index contributed by atoms with van der Waals surface area (Å²) in [5.41, 5.74) is -0.0665. The maximum atomic E-state index is 12.5. The van der Waals surface area contributed by atoms with Crippen LogP contribution in [0.15, 0.2) is 36.4 Å². The van der Waals surface area contributed by atoms with E-state index in [9.17, 15) is 24.8 Å². The molecule has 2 aromatic rings. The van der Waals surface area contributed by atoms with Crippen LogP contribution in [0.25, 0.3) is 11.3 Å². The average molecular weight is 355 g/mol. The molecule has 0 aliphatic heterocycles. The number of ketones is 2. The maximum absolute atomic E-state index is 12.5. The van der Waals surface area contributed by atoms with Crippen molar-refractivity contribution in [3.05, 3.63) is 63.2 Å². The van der Waals surface area contributed by atoms with Gasteiger partial charge in [0.05, 0.1) is 24.7 Å². The number of carbonyl (C=O) groups is 2. The predicted octanol–water partition coefficient (Wildman–Crippen LogP) is 2.80. The van der Waals surface area contributed by atoms with Crippen molar-refractivity contribution in [3.63, 3.8) is 0 Å². The van der Waals surface area contributed by atoms with Gasteiger partial charge in [-0.25, -0.2) is 0 Å². The molecule has 1 aliphatic carbocycles. The van der Waals surface area contributed by atoms with E-state index in [2.05, 4.69) is 0 Å². The summed E-state index contributed by atoms with van der Waals surface area (Å²) in [6.07, 6.45) is 0. The highest BCUT2D eigenvalue weighted by Crippen LogP contribution is 2.39. The molecule has 1 aliphatic rings. The molecule has 132 valence electrons. The van der Waals surface area contributed by atoms with Crippen LogP contribution in [0.2, 0.25) is 0 Å². The van der Waals surface area contributed by atoms with Crippen LogP contribution >= 0.6 is 0 Å². The van der Waals surface area contributed by atoms with Gasteiger partial charge in [0.2, 0.25) is 11.6 Å². The lowest BCUT2D eigenvalue weighted by Crippen LogP contribution is -2.23. The van der Waals surface area contributed by atoms with Crippen molar-refractivity contribution >= 4 is 28.6 Å². The van der Waals surface area contributed by atoms with Gasteiger partial charge in [0, 0.05) is 23.3 Å². The van der Waals surface area contributed by atoms with E-state index >= 15 is 0 Å². The third-order valence-corrected chi connectivity index (χ3v) is 4.06. The number of benzene rings is 2. The number of nitro benzene ring substituents is 1. The largest absolute Gasteiger partial charge is 0.506 e. The predicted molar refractivity (Wildman–Crippen MR) is 91.4 cm³/mol. The van der Waals surface area contributed by atoms with E-state index in [0.29, 0.717) is 0 Å². The average Bonchev–Trinajstić information content (AvgIpc) is 2.65. The van der Waals surface area contributed by atoms with Crippen molar-refractivity contribution in [2.75, 3.05) is 14.2 Å². The lowest BCUT2D eigenvalue weighted by molar-refractivity contribution is -0.384. The number of carbonyl (C=O) groups excluding carboxylic acids is 2. The first-order valence-electron chi connectivity index (χ1n) is 7.42. The normalized spacial score (nSPS) is 13.5. The Hall–Kier alpha value is -3.68. The minimum atomic E-state index is -0.906. The molecule has 0 radical (unpaired) electrons. The van der Waals surface area contributed by atoms with Crippen molar-refractivity contribution < 1.29 is 29.1 Å². The van der Waals surface area contributed by atoms with Gasteiger partial charge in [0.15, 0.2) is 11.5 Å². The SMILES string of the molecule is COc1cc2c(cc1OC)C(O)=C(c1ccc([N+](=O)[O-])cc1)C(=O)C2=O. The van der Waals surface area contributed by atoms with Gasteiger partial charge in [-0.05, 0) is 29.8 Å². The van der Waals surface area contributed by atoms with Gasteiger partial charge >= 0.3 is 0 Å². The molecule has 0 amide bonds. The number of Topliss-reactive ketones (excluding diaryl/α,β-unsaturated/α-hetero) is 2. The summed E-state index contributed by atoms with van der Waals surface area (Å²) >= 11 is 0. The highest BCUT2D eigenvalue weighted by atomic mass is 16.6. The topological polar surface area (TPSA) is 116 Å². The molecule has 0 aromatic heterocycles. The van der Waals surface area contributed by atoms with Gasteiger partial charge in [-0.15, -0.1) is 0 Å². The van der Waals surface area contributed by atoms with Gasteiger partial charge in [-0.1, -0.05) is 0 Å². The second-order valence-corrected chi connectivity index (χ2v) is 5.44. The Balaban J connectivity index is 2.22. The van der Waals surface area contributed by atoms with E-state index < -0.39 is 22.2 Å². The fourth-order valence-corrected chi connectivity index (χ4v) is 2.76. The number of hydrogen-bond donors (Lipinski definition) is 1. The summed E-state index contributed by atoms with van der Waals surface area (Å²) in [6.45, 7) is 0. The Labute approximate surface area is 147 Å². The van der Waals surface area contributed by atoms with Crippen LogP contribution in [0.1, 0.15) is 21.5 Å². The summed E-state index contributed by atoms with van der Waals surface area (Å²) in [4.78, 5) is 35.2. The minimum Gasteiger partial charge on any atom is -0.506 e. The van der Waals surface area contributed by atoms with E-state index in [1.54, 1.807) is 0 Å². The fraction of sp³-hybridized carbons (Fsp3) is 0.111. The van der Waals surface area contributed by atoms with Crippen LogP contribution < -0.4 is 9.47 Å². The van der Waals surface area contributed by atoms with Gasteiger partial charge in [-0.2, -0.15) is 0 Å². The van der Waals surface area contributed by atoms with Gasteiger partial charge in [0.1, 0.15) is 5.76 Å². The zero-order valence-electron chi connectivity index (χ0n) is 13.8. The van der Waals surface area contributed by atoms with Crippen LogP contribution in [0.4, 0.5) is 5.69 Å². The fourth-order valence-electron chi connectivity index (χ4n) is 2.76. The van der Waals surface area contributed by atoms with E-state index in [-0.39, 0.29) is 39.4 Å². The van der Waals surface area contributed by atoms with Crippen molar-refractivity contribution in [3.8, 4) is 11.5 Å². The highest BCUT2D eigenvalue weighted by molar-refractivity contribution is 6.62. The summed E-state index contributed by atoms with van der Waals surface area (Å²) in [6, 6.07) is 7.73. The van der Waals surface area contributed by atoms with Crippen molar-refractivity contribution in [2.45, 2.75) is 0 Å². The van der Waals surface area contributed by atoms with Crippen molar-refractivity contribution in [1.29, 1.82) is 0 Å². The Bertz CT molecular complexity index is 974. The van der Waals surface area contributed by atoms with Crippen molar-refractivity contribution in [2.24, 2.45) is 0 Å². The van der Waals surface area contributed by atoms with Crippen molar-refractivity contribution in [1.82, 2.24) is 0 Å². The molecule has 0 heterocycles. The second kappa shape index (κ2) is 6.32. The van der Waals surface area contributed by atoms with Crippen LogP contribution in [0.3, 0.4) is 0 Å². The first kappa shape index (κ1) is 17.2. The summed E-state index contributed by atoms with van der Waals surface area (Å²) < 4.78 is 10.3. The number of nitrogens with zero attached hydrogens (tertiary/aromatic N) is 1. The molecule has 0 saturated carbocycles. The molecular weight excluding hydrogens is 342 g/mol. The number of non-ortho nitro benzene ring substituents is 1. The van der Waals surface area contributed by atoms with Crippen LogP contribution in [0.5, 0.6) is 11.5 Å². The van der Waals surface area contributed by atoms with Gasteiger partial charge in [0.25, 0.3) is 5.69 Å². The van der Waals surface area contributed by atoms with Gasteiger partial charge < -0.3 is 14.6 Å². The van der Waals surface area contributed by atoms with Crippen LogP contribution in [-0.2, 0) is 4.79 Å². The third kappa shape index (κ3) is 2.57. The molecule has 2 aromatic carbocycles. The molecule has 0 atom stereocenters. The Kier molecular flexibility index (Phi) is 4.17. The first-order chi connectivity index (χ1) is 12.4. The molecule has 3 rings (SSSR count). The molecule has 0 spiro atoms. The van der Waals surface area contributed by atoms with E-state index in [4.69, 9.17) is 9.47 Å². The number of methoxy groups -OCH3 is 2. The van der Waals surface area contributed by atoms with Crippen LogP contribution in [0, 0.1) is 10.1 Å². The Morgan fingerprint density at radius 3 is 1.96 bits per heavy atom. The third-order valence-electron chi connectivity index (χ3n) is 4.06. The molecule has 0 bridgehead atoms. The number of fused-ring (bicyclic) bond motifs is 1. The molecule has 26 heavy (non-hydrogen) atoms. The number of hydrogen-bond acceptors (Lipinski definition) is 7. The summed E-state index contributed by atoms with van der Waals surface area (Å²) in [7, 11) is 2.79. The Morgan fingerprint density at radius 1 is 0.923 bits per heavy atom. The van der Waals surface area contributed by atoms with E-state index in [1.807, 2.05) is 0 Å². The summed E-state index contributed by atoms with van der Waals surface area (Å²) in [5.74, 6) is -1.59. The standard InChI is InChI=1S/C18H13NO7/c1-25-13-7-11-12(8-14(13)26-2)17(21)18(22)15(16(11)20)9-3-5-10(6-4-9)19(23)24/h3-8,20H,1-2H3. The number of aliphatic hydroxyl groups is 1. The maximum Gasteiger partial charge on any atom is 0.269 e. The lowest BCUT2D eigenvalue weighted by atomic mass is 9.85. The number of rotatable bonds is 4. The number of ether oxygens (including phenoxy) is 2. The molecule has 1 N–H and O–H groups in total. The Morgan fingerprint density at radius 2 is 1.46 bits per heavy atom. The zero-order chi connectivity index (χ0) is 19.0. The smallest absolute Gasteiger partial charge is 0.269 e. The van der Waals surface area contributed by atoms with Gasteiger partial charge in [-0.3, -0.25) is 19.7 Å². The number of nitro groups is 1. The molecular formula is C18H13NO7. The van der Waals surface area contributed by atoms with E-state index in [1.165, 1.54) is 50.6 Å². The zero-order valence-corrected chi connectivity index (χ0v) is 13.8.